The van der Waals surface area contributed by atoms with E-state index >= 15 is 0 Å². The van der Waals surface area contributed by atoms with Crippen LogP contribution in [0.25, 0.3) is 77.4 Å². The van der Waals surface area contributed by atoms with E-state index in [2.05, 4.69) is 97.1 Å². The molecular formula is C36H22N2O. The van der Waals surface area contributed by atoms with Crippen LogP contribution in [0.3, 0.4) is 0 Å². The van der Waals surface area contributed by atoms with Crippen LogP contribution in [-0.4, -0.2) is 9.97 Å². The summed E-state index contributed by atoms with van der Waals surface area (Å²) in [6.07, 6.45) is 0. The van der Waals surface area contributed by atoms with Crippen LogP contribution in [0, 0.1) is 0 Å². The quantitative estimate of drug-likeness (QED) is 0.228. The summed E-state index contributed by atoms with van der Waals surface area (Å²) in [5.74, 6) is 0. The number of hydrogen-bond donors (Lipinski definition) is 0. The van der Waals surface area contributed by atoms with E-state index in [-0.39, 0.29) is 0 Å². The molecule has 0 atom stereocenters. The molecule has 0 N–H and O–H groups in total. The maximum atomic E-state index is 6.10. The predicted molar refractivity (Wildman–Crippen MR) is 161 cm³/mol. The third kappa shape index (κ3) is 3.67. The van der Waals surface area contributed by atoms with Crippen molar-refractivity contribution >= 4 is 43.7 Å². The largest absolute Gasteiger partial charge is 0.456 e. The van der Waals surface area contributed by atoms with Gasteiger partial charge in [-0.1, -0.05) is 103 Å². The first-order chi connectivity index (χ1) is 19.3. The SMILES string of the molecule is c1ccc(-c2ccc3ccc4ccc(-c5ccc(-c6ccc7c(c6)oc6ccccc67)cc5)nc4c3n2)cc1. The number of hydrogen-bond acceptors (Lipinski definition) is 3. The lowest BCUT2D eigenvalue weighted by Gasteiger charge is -2.09. The minimum absolute atomic E-state index is 0.906. The van der Waals surface area contributed by atoms with Gasteiger partial charge in [0.1, 0.15) is 11.2 Å². The summed E-state index contributed by atoms with van der Waals surface area (Å²) in [6.45, 7) is 0. The number of para-hydroxylation sites is 1. The Morgan fingerprint density at radius 1 is 0.385 bits per heavy atom. The summed E-state index contributed by atoms with van der Waals surface area (Å²) >= 11 is 0. The van der Waals surface area contributed by atoms with Gasteiger partial charge in [0, 0.05) is 32.7 Å². The molecule has 5 aromatic carbocycles. The normalized spacial score (nSPS) is 11.6. The monoisotopic (exact) mass is 498 g/mol. The van der Waals surface area contributed by atoms with Gasteiger partial charge >= 0.3 is 0 Å². The van der Waals surface area contributed by atoms with Crippen molar-refractivity contribution in [2.45, 2.75) is 0 Å². The van der Waals surface area contributed by atoms with E-state index in [1.54, 1.807) is 0 Å². The average molecular weight is 499 g/mol. The summed E-state index contributed by atoms with van der Waals surface area (Å²) < 4.78 is 6.10. The Morgan fingerprint density at radius 3 is 1.64 bits per heavy atom. The van der Waals surface area contributed by atoms with Gasteiger partial charge in [-0.05, 0) is 41.5 Å². The minimum atomic E-state index is 0.906. The zero-order valence-electron chi connectivity index (χ0n) is 21.0. The molecule has 0 amide bonds. The number of fused-ring (bicyclic) bond motifs is 6. The lowest BCUT2D eigenvalue weighted by Crippen LogP contribution is -1.91. The molecule has 8 aromatic rings. The number of furan rings is 1. The summed E-state index contributed by atoms with van der Waals surface area (Å²) in [6, 6.07) is 46.2. The second kappa shape index (κ2) is 8.64. The Kier molecular flexibility index (Phi) is 4.82. The highest BCUT2D eigenvalue weighted by Gasteiger charge is 2.11. The fourth-order valence-corrected chi connectivity index (χ4v) is 5.44. The van der Waals surface area contributed by atoms with Crippen molar-refractivity contribution in [3.05, 3.63) is 133 Å². The standard InChI is InChI=1S/C36H22N2O/c1-2-6-24(7-3-1)31-20-17-26-14-15-27-18-21-32(38-36(27)35(26)37-31)25-12-10-23(11-13-25)28-16-19-30-29-8-4-5-9-33(29)39-34(30)22-28/h1-22H. The number of rotatable bonds is 3. The highest BCUT2D eigenvalue weighted by Crippen LogP contribution is 2.33. The van der Waals surface area contributed by atoms with Crippen molar-refractivity contribution in [2.24, 2.45) is 0 Å². The summed E-state index contributed by atoms with van der Waals surface area (Å²) in [4.78, 5) is 10.1. The lowest BCUT2D eigenvalue weighted by atomic mass is 10.0. The molecular weight excluding hydrogens is 476 g/mol. The van der Waals surface area contributed by atoms with E-state index in [0.717, 1.165) is 77.4 Å². The van der Waals surface area contributed by atoms with Crippen LogP contribution in [0.5, 0.6) is 0 Å². The number of pyridine rings is 2. The van der Waals surface area contributed by atoms with Gasteiger partial charge in [0.2, 0.25) is 0 Å². The average Bonchev–Trinajstić information content (AvgIpc) is 3.39. The molecule has 182 valence electrons. The van der Waals surface area contributed by atoms with E-state index < -0.39 is 0 Å². The van der Waals surface area contributed by atoms with Gasteiger partial charge in [0.25, 0.3) is 0 Å². The molecule has 0 radical (unpaired) electrons. The van der Waals surface area contributed by atoms with Crippen LogP contribution in [0.1, 0.15) is 0 Å². The molecule has 0 unspecified atom stereocenters. The topological polar surface area (TPSA) is 38.9 Å². The fraction of sp³-hybridized carbons (Fsp3) is 0. The summed E-state index contributed by atoms with van der Waals surface area (Å²) in [5.41, 5.74) is 9.99. The van der Waals surface area contributed by atoms with Crippen molar-refractivity contribution in [3.8, 4) is 33.6 Å². The molecule has 0 spiro atoms. The van der Waals surface area contributed by atoms with E-state index in [1.165, 1.54) is 0 Å². The lowest BCUT2D eigenvalue weighted by molar-refractivity contribution is 0.669. The molecule has 0 saturated carbocycles. The van der Waals surface area contributed by atoms with Gasteiger partial charge in [-0.25, -0.2) is 9.97 Å². The van der Waals surface area contributed by atoms with Gasteiger partial charge in [-0.2, -0.15) is 0 Å². The molecule has 3 heterocycles. The molecule has 3 nitrogen and oxygen atoms in total. The van der Waals surface area contributed by atoms with E-state index in [9.17, 15) is 0 Å². The number of nitrogens with zero attached hydrogens (tertiary/aromatic N) is 2. The number of benzene rings is 5. The molecule has 0 saturated heterocycles. The second-order valence-electron chi connectivity index (χ2n) is 9.85. The zero-order chi connectivity index (χ0) is 25.8. The zero-order valence-corrected chi connectivity index (χ0v) is 21.0. The highest BCUT2D eigenvalue weighted by molar-refractivity contribution is 6.06. The molecule has 8 rings (SSSR count). The van der Waals surface area contributed by atoms with Crippen LogP contribution in [0.2, 0.25) is 0 Å². The Hall–Kier alpha value is -5.28. The first kappa shape index (κ1) is 21.8. The Labute approximate surface area is 225 Å². The molecule has 3 aromatic heterocycles. The number of aromatic nitrogens is 2. The summed E-state index contributed by atoms with van der Waals surface area (Å²) in [7, 11) is 0. The third-order valence-corrected chi connectivity index (χ3v) is 7.48. The maximum absolute atomic E-state index is 6.10. The molecule has 0 fully saturated rings. The maximum Gasteiger partial charge on any atom is 0.136 e. The predicted octanol–water partition coefficient (Wildman–Crippen LogP) is 9.68. The van der Waals surface area contributed by atoms with Crippen molar-refractivity contribution in [3.63, 3.8) is 0 Å². The minimum Gasteiger partial charge on any atom is -0.456 e. The summed E-state index contributed by atoms with van der Waals surface area (Å²) in [5, 5.41) is 4.46. The molecule has 0 bridgehead atoms. The molecule has 0 aliphatic carbocycles. The van der Waals surface area contributed by atoms with Crippen LogP contribution in [0.15, 0.2) is 138 Å². The van der Waals surface area contributed by atoms with Crippen molar-refractivity contribution in [1.29, 1.82) is 0 Å². The van der Waals surface area contributed by atoms with Gasteiger partial charge in [0.05, 0.1) is 22.4 Å². The van der Waals surface area contributed by atoms with Crippen molar-refractivity contribution in [2.75, 3.05) is 0 Å². The second-order valence-corrected chi connectivity index (χ2v) is 9.85. The van der Waals surface area contributed by atoms with Gasteiger partial charge in [-0.15, -0.1) is 0 Å². The van der Waals surface area contributed by atoms with Crippen LogP contribution in [0.4, 0.5) is 0 Å². The Morgan fingerprint density at radius 2 is 0.923 bits per heavy atom. The first-order valence-corrected chi connectivity index (χ1v) is 13.1. The third-order valence-electron chi connectivity index (χ3n) is 7.48. The first-order valence-electron chi connectivity index (χ1n) is 13.1. The highest BCUT2D eigenvalue weighted by atomic mass is 16.3. The van der Waals surface area contributed by atoms with Crippen LogP contribution in [-0.2, 0) is 0 Å². The van der Waals surface area contributed by atoms with E-state index in [0.29, 0.717) is 0 Å². The Bertz CT molecular complexity index is 2160. The van der Waals surface area contributed by atoms with Crippen molar-refractivity contribution in [1.82, 2.24) is 9.97 Å². The van der Waals surface area contributed by atoms with Crippen LogP contribution < -0.4 is 0 Å². The van der Waals surface area contributed by atoms with E-state index in [1.807, 2.05) is 36.4 Å². The fourth-order valence-electron chi connectivity index (χ4n) is 5.44. The van der Waals surface area contributed by atoms with Gasteiger partial charge < -0.3 is 4.42 Å². The van der Waals surface area contributed by atoms with Crippen LogP contribution >= 0.6 is 0 Å². The van der Waals surface area contributed by atoms with Gasteiger partial charge in [0.15, 0.2) is 0 Å². The Balaban J connectivity index is 1.18. The van der Waals surface area contributed by atoms with Crippen molar-refractivity contribution < 1.29 is 4.42 Å². The smallest absolute Gasteiger partial charge is 0.136 e. The molecule has 3 heteroatoms. The molecule has 0 aliphatic heterocycles. The molecule has 0 aliphatic rings. The van der Waals surface area contributed by atoms with Gasteiger partial charge in [-0.3, -0.25) is 0 Å². The van der Waals surface area contributed by atoms with E-state index in [4.69, 9.17) is 14.4 Å². The molecule has 39 heavy (non-hydrogen) atoms.